The van der Waals surface area contributed by atoms with Crippen molar-refractivity contribution in [2.75, 3.05) is 19.0 Å². The molecule has 8 heteroatoms. The summed E-state index contributed by atoms with van der Waals surface area (Å²) in [6.07, 6.45) is 1.59. The summed E-state index contributed by atoms with van der Waals surface area (Å²) in [5.41, 5.74) is 1.26. The van der Waals surface area contributed by atoms with Crippen molar-refractivity contribution in [3.8, 4) is 5.75 Å². The minimum Gasteiger partial charge on any atom is -0.496 e. The molecule has 2 aromatic carbocycles. The molecule has 1 saturated heterocycles. The minimum atomic E-state index is -0.504. The average molecular weight is 447 g/mol. The highest BCUT2D eigenvalue weighted by atomic mass is 79.9. The summed E-state index contributed by atoms with van der Waals surface area (Å²) in [5, 5.41) is 2.18. The number of thioether (sulfide) groups is 1. The van der Waals surface area contributed by atoms with E-state index in [1.165, 1.54) is 7.11 Å². The molecule has 2 aromatic rings. The van der Waals surface area contributed by atoms with E-state index in [1.54, 1.807) is 42.5 Å². The van der Waals surface area contributed by atoms with E-state index < -0.39 is 17.1 Å². The Balaban J connectivity index is 1.75. The fourth-order valence-corrected chi connectivity index (χ4v) is 3.67. The van der Waals surface area contributed by atoms with Crippen molar-refractivity contribution in [2.24, 2.45) is 0 Å². The first-order valence-electron chi connectivity index (χ1n) is 7.92. The first-order valence-corrected chi connectivity index (χ1v) is 9.52. The zero-order valence-electron chi connectivity index (χ0n) is 14.3. The number of halogens is 1. The third-order valence-electron chi connectivity index (χ3n) is 3.71. The molecule has 1 N–H and O–H groups in total. The Morgan fingerprint density at radius 3 is 2.67 bits per heavy atom. The molecule has 6 nitrogen and oxygen atoms in total. The topological polar surface area (TPSA) is 75.7 Å². The van der Waals surface area contributed by atoms with Crippen LogP contribution in [0.5, 0.6) is 5.75 Å². The molecule has 1 aliphatic heterocycles. The molecule has 0 unspecified atom stereocenters. The number of para-hydroxylation sites is 1. The van der Waals surface area contributed by atoms with Crippen LogP contribution in [0.25, 0.3) is 6.08 Å². The third kappa shape index (κ3) is 4.58. The van der Waals surface area contributed by atoms with Crippen LogP contribution in [0.2, 0.25) is 0 Å². The van der Waals surface area contributed by atoms with Crippen LogP contribution in [0.1, 0.15) is 5.56 Å². The molecule has 1 aliphatic rings. The maximum atomic E-state index is 12.6. The number of benzene rings is 2. The minimum absolute atomic E-state index is 0.240. The molecular weight excluding hydrogens is 432 g/mol. The van der Waals surface area contributed by atoms with Crippen LogP contribution in [0.15, 0.2) is 57.9 Å². The van der Waals surface area contributed by atoms with Gasteiger partial charge in [-0.25, -0.2) is 0 Å². The smallest absolute Gasteiger partial charge is 0.294 e. The van der Waals surface area contributed by atoms with Gasteiger partial charge in [0.2, 0.25) is 5.91 Å². The standard InChI is InChI=1S/C19H15BrN2O4S/c1-26-15-8-7-13(20)9-12(15)10-16-18(24)22(19(25)27-16)11-17(23)21-14-5-3-2-4-6-14/h2-10H,11H2,1H3,(H,21,23)/b16-10-. The number of nitrogens with zero attached hydrogens (tertiary/aromatic N) is 1. The third-order valence-corrected chi connectivity index (χ3v) is 5.11. The number of methoxy groups -OCH3 is 1. The van der Waals surface area contributed by atoms with Crippen LogP contribution in [0.4, 0.5) is 10.5 Å². The number of carbonyl (C=O) groups is 3. The van der Waals surface area contributed by atoms with Gasteiger partial charge in [0.1, 0.15) is 12.3 Å². The molecule has 27 heavy (non-hydrogen) atoms. The number of hydrogen-bond donors (Lipinski definition) is 1. The highest BCUT2D eigenvalue weighted by molar-refractivity contribution is 9.10. The van der Waals surface area contributed by atoms with Gasteiger partial charge in [0, 0.05) is 15.7 Å². The van der Waals surface area contributed by atoms with Crippen LogP contribution in [-0.2, 0) is 9.59 Å². The van der Waals surface area contributed by atoms with Gasteiger partial charge >= 0.3 is 0 Å². The van der Waals surface area contributed by atoms with E-state index in [-0.39, 0.29) is 11.4 Å². The van der Waals surface area contributed by atoms with Crippen molar-refractivity contribution < 1.29 is 19.1 Å². The zero-order valence-corrected chi connectivity index (χ0v) is 16.7. The summed E-state index contributed by atoms with van der Waals surface area (Å²) in [6.45, 7) is -0.341. The maximum absolute atomic E-state index is 12.6. The lowest BCUT2D eigenvalue weighted by Crippen LogP contribution is -2.36. The summed E-state index contributed by atoms with van der Waals surface area (Å²) in [6, 6.07) is 14.2. The van der Waals surface area contributed by atoms with Gasteiger partial charge in [-0.05, 0) is 48.2 Å². The molecule has 0 spiro atoms. The van der Waals surface area contributed by atoms with Gasteiger partial charge in [-0.1, -0.05) is 34.1 Å². The van der Waals surface area contributed by atoms with E-state index in [2.05, 4.69) is 21.2 Å². The molecule has 3 rings (SSSR count). The Kier molecular flexibility index (Phi) is 5.98. The summed E-state index contributed by atoms with van der Waals surface area (Å²) < 4.78 is 6.10. The van der Waals surface area contributed by atoms with Gasteiger partial charge in [0.15, 0.2) is 0 Å². The van der Waals surface area contributed by atoms with Gasteiger partial charge in [-0.2, -0.15) is 0 Å². The SMILES string of the molecule is COc1ccc(Br)cc1/C=C1\SC(=O)N(CC(=O)Nc2ccccc2)C1=O. The molecule has 1 heterocycles. The van der Waals surface area contributed by atoms with E-state index in [9.17, 15) is 14.4 Å². The van der Waals surface area contributed by atoms with E-state index in [0.29, 0.717) is 17.0 Å². The quantitative estimate of drug-likeness (QED) is 0.698. The lowest BCUT2D eigenvalue weighted by atomic mass is 10.2. The van der Waals surface area contributed by atoms with Gasteiger partial charge in [0.25, 0.3) is 11.1 Å². The molecule has 3 amide bonds. The lowest BCUT2D eigenvalue weighted by molar-refractivity contribution is -0.127. The second kappa shape index (κ2) is 8.41. The number of amides is 3. The van der Waals surface area contributed by atoms with Crippen LogP contribution in [0.3, 0.4) is 0 Å². The van der Waals surface area contributed by atoms with E-state index in [1.807, 2.05) is 12.1 Å². The van der Waals surface area contributed by atoms with E-state index >= 15 is 0 Å². The first kappa shape index (κ1) is 19.2. The van der Waals surface area contributed by atoms with Gasteiger partial charge < -0.3 is 10.1 Å². The molecule has 0 bridgehead atoms. The molecule has 0 aliphatic carbocycles. The number of carbonyl (C=O) groups excluding carboxylic acids is 3. The number of hydrogen-bond acceptors (Lipinski definition) is 5. The molecule has 0 radical (unpaired) electrons. The average Bonchev–Trinajstić information content (AvgIpc) is 2.90. The molecule has 0 atom stereocenters. The fourth-order valence-electron chi connectivity index (χ4n) is 2.46. The number of anilines is 1. The van der Waals surface area contributed by atoms with Gasteiger partial charge in [-0.3, -0.25) is 19.3 Å². The zero-order chi connectivity index (χ0) is 19.4. The Labute approximate surface area is 168 Å². The Morgan fingerprint density at radius 1 is 1.22 bits per heavy atom. The van der Waals surface area contributed by atoms with Crippen molar-refractivity contribution in [1.29, 1.82) is 0 Å². The molecule has 0 saturated carbocycles. The maximum Gasteiger partial charge on any atom is 0.294 e. The number of ether oxygens (including phenoxy) is 1. The van der Waals surface area contributed by atoms with Crippen molar-refractivity contribution in [1.82, 2.24) is 4.90 Å². The second-order valence-corrected chi connectivity index (χ2v) is 7.48. The molecule has 138 valence electrons. The van der Waals surface area contributed by atoms with E-state index in [4.69, 9.17) is 4.74 Å². The normalized spacial score (nSPS) is 15.3. The molecular formula is C19H15BrN2O4S. The second-order valence-electron chi connectivity index (χ2n) is 5.57. The monoisotopic (exact) mass is 446 g/mol. The van der Waals surface area contributed by atoms with Crippen molar-refractivity contribution in [2.45, 2.75) is 0 Å². The van der Waals surface area contributed by atoms with Crippen molar-refractivity contribution in [3.63, 3.8) is 0 Å². The van der Waals surface area contributed by atoms with Gasteiger partial charge in [-0.15, -0.1) is 0 Å². The summed E-state index contributed by atoms with van der Waals surface area (Å²) in [7, 11) is 1.53. The van der Waals surface area contributed by atoms with Crippen LogP contribution >= 0.6 is 27.7 Å². The lowest BCUT2D eigenvalue weighted by Gasteiger charge is -2.12. The summed E-state index contributed by atoms with van der Waals surface area (Å²) in [5.74, 6) is -0.369. The Hall–Kier alpha value is -2.58. The number of imide groups is 1. The number of rotatable bonds is 5. The molecule has 0 aromatic heterocycles. The predicted octanol–water partition coefficient (Wildman–Crippen LogP) is 4.13. The van der Waals surface area contributed by atoms with Gasteiger partial charge in [0.05, 0.1) is 12.0 Å². The highest BCUT2D eigenvalue weighted by Gasteiger charge is 2.36. The summed E-state index contributed by atoms with van der Waals surface area (Å²) >= 11 is 4.17. The number of nitrogens with one attached hydrogen (secondary N) is 1. The van der Waals surface area contributed by atoms with Crippen molar-refractivity contribution >= 4 is 56.5 Å². The Bertz CT molecular complexity index is 931. The van der Waals surface area contributed by atoms with Crippen LogP contribution in [0, 0.1) is 0 Å². The molecule has 1 fully saturated rings. The van der Waals surface area contributed by atoms with Crippen molar-refractivity contribution in [3.05, 3.63) is 63.5 Å². The van der Waals surface area contributed by atoms with Crippen LogP contribution < -0.4 is 10.1 Å². The predicted molar refractivity (Wildman–Crippen MR) is 108 cm³/mol. The van der Waals surface area contributed by atoms with E-state index in [0.717, 1.165) is 21.1 Å². The van der Waals surface area contributed by atoms with Crippen LogP contribution in [-0.4, -0.2) is 35.6 Å². The largest absolute Gasteiger partial charge is 0.496 e. The fraction of sp³-hybridized carbons (Fsp3) is 0.105. The highest BCUT2D eigenvalue weighted by Crippen LogP contribution is 2.34. The first-order chi connectivity index (χ1) is 13.0. The Morgan fingerprint density at radius 2 is 1.96 bits per heavy atom. The summed E-state index contributed by atoms with van der Waals surface area (Å²) in [4.78, 5) is 38.1.